The number of aryl methyl sites for hydroxylation is 2. The van der Waals surface area contributed by atoms with E-state index in [1.807, 2.05) is 6.07 Å². The van der Waals surface area contributed by atoms with E-state index in [4.69, 9.17) is 9.47 Å². The van der Waals surface area contributed by atoms with Gasteiger partial charge >= 0.3 is 0 Å². The van der Waals surface area contributed by atoms with Crippen LogP contribution in [0.5, 0.6) is 5.75 Å². The van der Waals surface area contributed by atoms with Crippen LogP contribution in [0.4, 0.5) is 5.82 Å². The summed E-state index contributed by atoms with van der Waals surface area (Å²) in [6, 6.07) is 6.51. The predicted molar refractivity (Wildman–Crippen MR) is 92.6 cm³/mol. The summed E-state index contributed by atoms with van der Waals surface area (Å²) in [6.07, 6.45) is 6.25. The summed E-state index contributed by atoms with van der Waals surface area (Å²) >= 11 is 0. The van der Waals surface area contributed by atoms with Gasteiger partial charge in [0.25, 0.3) is 0 Å². The average Bonchev–Trinajstić information content (AvgIpc) is 3.30. The molecule has 0 radical (unpaired) electrons. The molecule has 24 heavy (non-hydrogen) atoms. The molecule has 126 valence electrons. The number of methoxy groups -OCH3 is 1. The molecule has 5 nitrogen and oxygen atoms in total. The lowest BCUT2D eigenvalue weighted by atomic mass is 10.0. The van der Waals surface area contributed by atoms with Gasteiger partial charge in [-0.2, -0.15) is 0 Å². The highest BCUT2D eigenvalue weighted by Crippen LogP contribution is 2.30. The largest absolute Gasteiger partial charge is 0.496 e. The maximum absolute atomic E-state index is 5.57. The zero-order valence-electron chi connectivity index (χ0n) is 14.0. The van der Waals surface area contributed by atoms with Crippen LogP contribution in [0.2, 0.25) is 0 Å². The van der Waals surface area contributed by atoms with Crippen molar-refractivity contribution in [3.05, 3.63) is 46.9 Å². The molecule has 4 rings (SSSR count). The van der Waals surface area contributed by atoms with Crippen molar-refractivity contribution >= 4 is 5.82 Å². The number of hydrogen-bond acceptors (Lipinski definition) is 5. The third kappa shape index (κ3) is 3.08. The summed E-state index contributed by atoms with van der Waals surface area (Å²) in [4.78, 5) is 8.75. The van der Waals surface area contributed by atoms with E-state index in [-0.39, 0.29) is 0 Å². The zero-order chi connectivity index (χ0) is 16.4. The lowest BCUT2D eigenvalue weighted by molar-refractivity contribution is 0.193. The first-order valence-electron chi connectivity index (χ1n) is 8.65. The Balaban J connectivity index is 1.50. The highest BCUT2D eigenvalue weighted by atomic mass is 16.5. The van der Waals surface area contributed by atoms with Gasteiger partial charge in [-0.05, 0) is 42.9 Å². The fourth-order valence-electron chi connectivity index (χ4n) is 3.63. The predicted octanol–water partition coefficient (Wildman–Crippen LogP) is 3.09. The molecule has 0 unspecified atom stereocenters. The van der Waals surface area contributed by atoms with Crippen molar-refractivity contribution in [2.24, 2.45) is 0 Å². The van der Waals surface area contributed by atoms with Crippen LogP contribution in [0.15, 0.2) is 24.5 Å². The lowest BCUT2D eigenvalue weighted by Crippen LogP contribution is -2.07. The van der Waals surface area contributed by atoms with Crippen molar-refractivity contribution < 1.29 is 9.47 Å². The standard InChI is InChI=1S/C19H23N3O2/c1-23-18-8-14-4-2-3-13(14)7-16(18)10-20-19-9-17(21-12-22-19)15-5-6-24-11-15/h7-9,12,15H,2-6,10-11H2,1H3,(H,20,21,22)/t15-/m1/s1. The van der Waals surface area contributed by atoms with E-state index in [1.165, 1.54) is 29.5 Å². The van der Waals surface area contributed by atoms with Crippen molar-refractivity contribution in [1.29, 1.82) is 0 Å². The van der Waals surface area contributed by atoms with Crippen molar-refractivity contribution in [3.63, 3.8) is 0 Å². The number of anilines is 1. The summed E-state index contributed by atoms with van der Waals surface area (Å²) in [7, 11) is 1.74. The topological polar surface area (TPSA) is 56.3 Å². The third-order valence-electron chi connectivity index (χ3n) is 4.99. The van der Waals surface area contributed by atoms with Gasteiger partial charge in [0.05, 0.1) is 19.4 Å². The molecule has 1 aromatic heterocycles. The minimum atomic E-state index is 0.392. The van der Waals surface area contributed by atoms with Crippen LogP contribution < -0.4 is 10.1 Å². The molecule has 0 amide bonds. The SMILES string of the molecule is COc1cc2c(cc1CNc1cc([C@@H]3CCOC3)ncn1)CCC2. The van der Waals surface area contributed by atoms with Gasteiger partial charge in [-0.1, -0.05) is 6.07 Å². The maximum atomic E-state index is 5.57. The molecule has 2 aromatic rings. The third-order valence-corrected chi connectivity index (χ3v) is 4.99. The molecular formula is C19H23N3O2. The Kier molecular flexibility index (Phi) is 4.34. The second kappa shape index (κ2) is 6.77. The summed E-state index contributed by atoms with van der Waals surface area (Å²) in [5.74, 6) is 2.21. The molecular weight excluding hydrogens is 302 g/mol. The van der Waals surface area contributed by atoms with Crippen molar-refractivity contribution in [2.75, 3.05) is 25.6 Å². The highest BCUT2D eigenvalue weighted by molar-refractivity contribution is 5.47. The summed E-state index contributed by atoms with van der Waals surface area (Å²) in [5.41, 5.74) is 5.13. The number of nitrogens with one attached hydrogen (secondary N) is 1. The quantitative estimate of drug-likeness (QED) is 0.915. The Morgan fingerprint density at radius 1 is 1.21 bits per heavy atom. The Hall–Kier alpha value is -2.14. The molecule has 0 bridgehead atoms. The van der Waals surface area contributed by atoms with E-state index in [1.54, 1.807) is 13.4 Å². The van der Waals surface area contributed by atoms with Crippen LogP contribution in [0.1, 0.15) is 41.1 Å². The molecule has 1 aliphatic carbocycles. The fourth-order valence-corrected chi connectivity index (χ4v) is 3.63. The first kappa shape index (κ1) is 15.4. The molecule has 2 heterocycles. The number of fused-ring (bicyclic) bond motifs is 1. The number of rotatable bonds is 5. The van der Waals surface area contributed by atoms with Gasteiger partial charge in [0.2, 0.25) is 0 Å². The van der Waals surface area contributed by atoms with Crippen molar-refractivity contribution in [2.45, 2.75) is 38.1 Å². The van der Waals surface area contributed by atoms with Crippen LogP contribution in [-0.2, 0) is 24.1 Å². The molecule has 1 fully saturated rings. The van der Waals surface area contributed by atoms with Crippen LogP contribution in [0.25, 0.3) is 0 Å². The first-order valence-corrected chi connectivity index (χ1v) is 8.65. The fraction of sp³-hybridized carbons (Fsp3) is 0.474. The Morgan fingerprint density at radius 3 is 2.88 bits per heavy atom. The Bertz CT molecular complexity index is 727. The monoisotopic (exact) mass is 325 g/mol. The number of nitrogens with zero attached hydrogens (tertiary/aromatic N) is 2. The van der Waals surface area contributed by atoms with Gasteiger partial charge in [0.15, 0.2) is 0 Å². The number of ether oxygens (including phenoxy) is 2. The second-order valence-electron chi connectivity index (χ2n) is 6.53. The van der Waals surface area contributed by atoms with Crippen LogP contribution in [0.3, 0.4) is 0 Å². The zero-order valence-corrected chi connectivity index (χ0v) is 14.0. The number of aromatic nitrogens is 2. The molecule has 1 N–H and O–H groups in total. The summed E-state index contributed by atoms with van der Waals surface area (Å²) in [6.45, 7) is 2.28. The van der Waals surface area contributed by atoms with Gasteiger partial charge in [0.1, 0.15) is 17.9 Å². The first-order chi connectivity index (χ1) is 11.8. The van der Waals surface area contributed by atoms with Crippen molar-refractivity contribution in [3.8, 4) is 5.75 Å². The summed E-state index contributed by atoms with van der Waals surface area (Å²) < 4.78 is 11.0. The number of benzene rings is 1. The van der Waals surface area contributed by atoms with E-state index < -0.39 is 0 Å². The van der Waals surface area contributed by atoms with Crippen LogP contribution in [0, 0.1) is 0 Å². The van der Waals surface area contributed by atoms with Crippen LogP contribution >= 0.6 is 0 Å². The van der Waals surface area contributed by atoms with Gasteiger partial charge in [-0.3, -0.25) is 0 Å². The molecule has 0 spiro atoms. The van der Waals surface area contributed by atoms with Gasteiger partial charge < -0.3 is 14.8 Å². The lowest BCUT2D eigenvalue weighted by Gasteiger charge is -2.14. The molecule has 1 aromatic carbocycles. The molecule has 0 saturated carbocycles. The highest BCUT2D eigenvalue weighted by Gasteiger charge is 2.20. The normalized spacial score (nSPS) is 19.3. The van der Waals surface area contributed by atoms with Gasteiger partial charge in [-0.15, -0.1) is 0 Å². The Morgan fingerprint density at radius 2 is 2.08 bits per heavy atom. The second-order valence-corrected chi connectivity index (χ2v) is 6.53. The average molecular weight is 325 g/mol. The van der Waals surface area contributed by atoms with E-state index in [0.717, 1.165) is 43.3 Å². The smallest absolute Gasteiger partial charge is 0.129 e. The Labute approximate surface area is 142 Å². The maximum Gasteiger partial charge on any atom is 0.129 e. The van der Waals surface area contributed by atoms with Crippen LogP contribution in [-0.4, -0.2) is 30.3 Å². The minimum Gasteiger partial charge on any atom is -0.496 e. The molecule has 1 atom stereocenters. The molecule has 5 heteroatoms. The molecule has 1 aliphatic heterocycles. The van der Waals surface area contributed by atoms with E-state index >= 15 is 0 Å². The van der Waals surface area contributed by atoms with Gasteiger partial charge in [-0.25, -0.2) is 9.97 Å². The van der Waals surface area contributed by atoms with E-state index in [9.17, 15) is 0 Å². The summed E-state index contributed by atoms with van der Waals surface area (Å²) in [5, 5.41) is 3.42. The molecule has 1 saturated heterocycles. The minimum absolute atomic E-state index is 0.392. The van der Waals surface area contributed by atoms with E-state index in [2.05, 4.69) is 27.4 Å². The molecule has 2 aliphatic rings. The van der Waals surface area contributed by atoms with Crippen molar-refractivity contribution in [1.82, 2.24) is 9.97 Å². The number of hydrogen-bond donors (Lipinski definition) is 1. The van der Waals surface area contributed by atoms with Gasteiger partial charge in [0, 0.05) is 30.7 Å². The van der Waals surface area contributed by atoms with E-state index in [0.29, 0.717) is 12.5 Å².